The Bertz CT molecular complexity index is 1070. The van der Waals surface area contributed by atoms with Crippen LogP contribution in [0.15, 0.2) is 42.6 Å². The van der Waals surface area contributed by atoms with Crippen LogP contribution in [-0.4, -0.2) is 59.2 Å². The number of pyridine rings is 1. The van der Waals surface area contributed by atoms with E-state index in [1.165, 1.54) is 0 Å². The Labute approximate surface area is 185 Å². The van der Waals surface area contributed by atoms with E-state index >= 15 is 0 Å². The fraction of sp³-hybridized carbons (Fsp3) is 0.400. The van der Waals surface area contributed by atoms with E-state index < -0.39 is 0 Å². The third-order valence-corrected chi connectivity index (χ3v) is 5.01. The molecule has 6 nitrogen and oxygen atoms in total. The van der Waals surface area contributed by atoms with Gasteiger partial charge in [-0.15, -0.1) is 0 Å². The molecule has 0 saturated heterocycles. The molecule has 6 heteroatoms. The number of hydrogen-bond acceptors (Lipinski definition) is 6. The number of benzene rings is 1. The van der Waals surface area contributed by atoms with E-state index in [4.69, 9.17) is 4.74 Å². The topological polar surface area (TPSA) is 54.4 Å². The van der Waals surface area contributed by atoms with Crippen molar-refractivity contribution >= 4 is 16.9 Å². The highest BCUT2D eigenvalue weighted by Crippen LogP contribution is 2.18. The van der Waals surface area contributed by atoms with Gasteiger partial charge >= 0.3 is 0 Å². The molecule has 0 saturated carbocycles. The number of hydrogen-bond donors (Lipinski definition) is 0. The maximum absolute atomic E-state index is 6.07. The summed E-state index contributed by atoms with van der Waals surface area (Å²) in [6.07, 6.45) is 1.71. The summed E-state index contributed by atoms with van der Waals surface area (Å²) in [6.45, 7) is 10.1. The third kappa shape index (κ3) is 5.93. The normalized spacial score (nSPS) is 11.1. The van der Waals surface area contributed by atoms with E-state index in [1.54, 1.807) is 6.20 Å². The zero-order valence-corrected chi connectivity index (χ0v) is 19.3. The standard InChI is InChI=1S/C25H31N5O/c1-18(2)30(19(3)4)15-16-31-25-23(27-24-22(28-25)11-8-14-26-24)13-12-20-9-7-10-21(17-20)29(5)6/h7-11,14,17-19H,15-16H2,1-6H3. The lowest BCUT2D eigenvalue weighted by Crippen LogP contribution is -2.39. The molecule has 0 aliphatic heterocycles. The zero-order valence-electron chi connectivity index (χ0n) is 19.3. The molecule has 3 rings (SSSR count). The van der Waals surface area contributed by atoms with Crippen molar-refractivity contribution in [1.29, 1.82) is 0 Å². The lowest BCUT2D eigenvalue weighted by Gasteiger charge is -2.30. The summed E-state index contributed by atoms with van der Waals surface area (Å²) in [7, 11) is 4.02. The number of ether oxygens (including phenoxy) is 1. The average Bonchev–Trinajstić information content (AvgIpc) is 2.74. The first-order chi connectivity index (χ1) is 14.8. The van der Waals surface area contributed by atoms with Gasteiger partial charge in [-0.05, 0) is 63.9 Å². The molecule has 1 aromatic carbocycles. The number of fused-ring (bicyclic) bond motifs is 1. The first-order valence-electron chi connectivity index (χ1n) is 10.7. The highest BCUT2D eigenvalue weighted by molar-refractivity contribution is 5.71. The van der Waals surface area contributed by atoms with Crippen LogP contribution in [0.5, 0.6) is 5.88 Å². The molecule has 0 bridgehead atoms. The van der Waals surface area contributed by atoms with Gasteiger partial charge in [0.1, 0.15) is 12.1 Å². The first-order valence-corrected chi connectivity index (χ1v) is 10.7. The first kappa shape index (κ1) is 22.5. The second kappa shape index (κ2) is 10.2. The maximum atomic E-state index is 6.07. The van der Waals surface area contributed by atoms with Crippen molar-refractivity contribution < 1.29 is 4.74 Å². The number of anilines is 1. The van der Waals surface area contributed by atoms with Crippen molar-refractivity contribution in [2.24, 2.45) is 0 Å². The summed E-state index contributed by atoms with van der Waals surface area (Å²) in [4.78, 5) is 18.0. The Kier molecular flexibility index (Phi) is 7.43. The summed E-state index contributed by atoms with van der Waals surface area (Å²) >= 11 is 0. The van der Waals surface area contributed by atoms with Crippen LogP contribution >= 0.6 is 0 Å². The molecule has 0 aliphatic rings. The highest BCUT2D eigenvalue weighted by atomic mass is 16.5. The van der Waals surface area contributed by atoms with Crippen LogP contribution in [0, 0.1) is 11.8 Å². The smallest absolute Gasteiger partial charge is 0.249 e. The number of rotatable bonds is 7. The molecule has 0 N–H and O–H groups in total. The van der Waals surface area contributed by atoms with Crippen LogP contribution in [0.4, 0.5) is 5.69 Å². The molecule has 162 valence electrons. The summed E-state index contributed by atoms with van der Waals surface area (Å²) in [5, 5.41) is 0. The third-order valence-electron chi connectivity index (χ3n) is 5.01. The molecule has 0 radical (unpaired) electrons. The summed E-state index contributed by atoms with van der Waals surface area (Å²) in [5.41, 5.74) is 3.76. The van der Waals surface area contributed by atoms with Crippen molar-refractivity contribution in [2.45, 2.75) is 39.8 Å². The lowest BCUT2D eigenvalue weighted by molar-refractivity contribution is 0.140. The largest absolute Gasteiger partial charge is 0.474 e. The summed E-state index contributed by atoms with van der Waals surface area (Å²) < 4.78 is 6.07. The second-order valence-electron chi connectivity index (χ2n) is 8.19. The zero-order chi connectivity index (χ0) is 22.4. The molecule has 0 fully saturated rings. The summed E-state index contributed by atoms with van der Waals surface area (Å²) in [5.74, 6) is 6.80. The average molecular weight is 418 g/mol. The van der Waals surface area contributed by atoms with Gasteiger partial charge in [0.2, 0.25) is 5.88 Å². The van der Waals surface area contributed by atoms with Gasteiger partial charge < -0.3 is 9.64 Å². The van der Waals surface area contributed by atoms with Crippen molar-refractivity contribution in [3.05, 3.63) is 53.9 Å². The number of nitrogens with zero attached hydrogens (tertiary/aromatic N) is 5. The molecule has 31 heavy (non-hydrogen) atoms. The van der Waals surface area contributed by atoms with Crippen LogP contribution < -0.4 is 9.64 Å². The van der Waals surface area contributed by atoms with Gasteiger partial charge in [0.15, 0.2) is 11.3 Å². The Hall–Kier alpha value is -3.17. The van der Waals surface area contributed by atoms with Crippen LogP contribution in [0.3, 0.4) is 0 Å². The molecule has 0 amide bonds. The molecular formula is C25H31N5O. The lowest BCUT2D eigenvalue weighted by atomic mass is 10.2. The van der Waals surface area contributed by atoms with E-state index in [0.29, 0.717) is 41.4 Å². The van der Waals surface area contributed by atoms with Crippen molar-refractivity contribution in [1.82, 2.24) is 19.9 Å². The maximum Gasteiger partial charge on any atom is 0.249 e. The van der Waals surface area contributed by atoms with Gasteiger partial charge in [0, 0.05) is 50.2 Å². The van der Waals surface area contributed by atoms with E-state index in [-0.39, 0.29) is 0 Å². The quantitative estimate of drug-likeness (QED) is 0.542. The highest BCUT2D eigenvalue weighted by Gasteiger charge is 2.15. The SMILES string of the molecule is CC(C)N(CCOc1nc2cccnc2nc1C#Cc1cccc(N(C)C)c1)C(C)C. The van der Waals surface area contributed by atoms with Gasteiger partial charge in [0.25, 0.3) is 0 Å². The van der Waals surface area contributed by atoms with Crippen LogP contribution in [0.1, 0.15) is 39.0 Å². The summed E-state index contributed by atoms with van der Waals surface area (Å²) in [6, 6.07) is 12.7. The van der Waals surface area contributed by atoms with Crippen LogP contribution in [0.2, 0.25) is 0 Å². The Morgan fingerprint density at radius 3 is 2.45 bits per heavy atom. The van der Waals surface area contributed by atoms with Crippen molar-refractivity contribution in [3.63, 3.8) is 0 Å². The molecule has 0 atom stereocenters. The number of aromatic nitrogens is 3. The molecule has 0 unspecified atom stereocenters. The van der Waals surface area contributed by atoms with Gasteiger partial charge in [0.05, 0.1) is 0 Å². The van der Waals surface area contributed by atoms with Gasteiger partial charge in [-0.1, -0.05) is 12.0 Å². The van der Waals surface area contributed by atoms with Gasteiger partial charge in [-0.3, -0.25) is 4.90 Å². The Morgan fingerprint density at radius 2 is 1.74 bits per heavy atom. The molecule has 2 heterocycles. The van der Waals surface area contributed by atoms with Crippen LogP contribution in [-0.2, 0) is 0 Å². The van der Waals surface area contributed by atoms with E-state index in [0.717, 1.165) is 17.8 Å². The monoisotopic (exact) mass is 417 g/mol. The van der Waals surface area contributed by atoms with Crippen molar-refractivity contribution in [2.75, 3.05) is 32.1 Å². The molecule has 2 aromatic heterocycles. The predicted molar refractivity (Wildman–Crippen MR) is 127 cm³/mol. The minimum absolute atomic E-state index is 0.443. The molecule has 3 aromatic rings. The van der Waals surface area contributed by atoms with E-state index in [2.05, 4.69) is 70.4 Å². The van der Waals surface area contributed by atoms with Crippen molar-refractivity contribution in [3.8, 4) is 17.7 Å². The van der Waals surface area contributed by atoms with Crippen LogP contribution in [0.25, 0.3) is 11.2 Å². The molecular weight excluding hydrogens is 386 g/mol. The van der Waals surface area contributed by atoms with E-state index in [1.807, 2.05) is 44.4 Å². The fourth-order valence-electron chi connectivity index (χ4n) is 3.41. The fourth-order valence-corrected chi connectivity index (χ4v) is 3.41. The minimum atomic E-state index is 0.443. The molecule has 0 aliphatic carbocycles. The van der Waals surface area contributed by atoms with Gasteiger partial charge in [-0.25, -0.2) is 15.0 Å². The van der Waals surface area contributed by atoms with Gasteiger partial charge in [-0.2, -0.15) is 0 Å². The minimum Gasteiger partial charge on any atom is -0.474 e. The Balaban J connectivity index is 1.89. The second-order valence-corrected chi connectivity index (χ2v) is 8.19. The predicted octanol–water partition coefficient (Wildman–Crippen LogP) is 3.99. The Morgan fingerprint density at radius 1 is 0.968 bits per heavy atom. The van der Waals surface area contributed by atoms with E-state index in [9.17, 15) is 0 Å². The molecule has 0 spiro atoms.